The van der Waals surface area contributed by atoms with Crippen LogP contribution in [0.25, 0.3) is 0 Å². The van der Waals surface area contributed by atoms with Gasteiger partial charge in [-0.1, -0.05) is 18.9 Å². The number of hydrogen-bond acceptors (Lipinski definition) is 1. The first-order chi connectivity index (χ1) is 7.09. The Balaban J connectivity index is 2.16. The van der Waals surface area contributed by atoms with Gasteiger partial charge in [-0.3, -0.25) is 0 Å². The molecule has 1 aliphatic carbocycles. The lowest BCUT2D eigenvalue weighted by atomic mass is 9.90. The Morgan fingerprint density at radius 2 is 1.87 bits per heavy atom. The van der Waals surface area contributed by atoms with Gasteiger partial charge in [0.2, 0.25) is 0 Å². The summed E-state index contributed by atoms with van der Waals surface area (Å²) in [5, 5.41) is 0. The van der Waals surface area contributed by atoms with E-state index in [0.717, 1.165) is 31.7 Å². The van der Waals surface area contributed by atoms with Gasteiger partial charge in [0, 0.05) is 11.6 Å². The van der Waals surface area contributed by atoms with Gasteiger partial charge in [-0.2, -0.15) is 0 Å². The summed E-state index contributed by atoms with van der Waals surface area (Å²) >= 11 is 0. The Bertz CT molecular complexity index is 357. The van der Waals surface area contributed by atoms with Crippen LogP contribution in [0, 0.1) is 11.6 Å². The maximum Gasteiger partial charge on any atom is 0.129 e. The fraction of sp³-hybridized carbons (Fsp3) is 0.500. The molecule has 0 aliphatic heterocycles. The molecule has 0 radical (unpaired) electrons. The van der Waals surface area contributed by atoms with Crippen LogP contribution in [0.4, 0.5) is 8.78 Å². The maximum atomic E-state index is 13.4. The van der Waals surface area contributed by atoms with Crippen LogP contribution in [0.2, 0.25) is 0 Å². The molecule has 1 saturated carbocycles. The zero-order valence-electron chi connectivity index (χ0n) is 8.60. The lowest BCUT2D eigenvalue weighted by Gasteiger charge is -2.23. The average Bonchev–Trinajstić information content (AvgIpc) is 2.58. The predicted molar refractivity (Wildman–Crippen MR) is 55.4 cm³/mol. The minimum atomic E-state index is -0.534. The van der Waals surface area contributed by atoms with E-state index < -0.39 is 11.6 Å². The lowest BCUT2D eigenvalue weighted by Crippen LogP contribution is -2.39. The normalized spacial score (nSPS) is 19.4. The largest absolute Gasteiger partial charge is 0.325 e. The van der Waals surface area contributed by atoms with Gasteiger partial charge in [0.1, 0.15) is 11.6 Å². The quantitative estimate of drug-likeness (QED) is 0.799. The molecule has 15 heavy (non-hydrogen) atoms. The zero-order valence-corrected chi connectivity index (χ0v) is 8.60. The number of hydrogen-bond donors (Lipinski definition) is 1. The Kier molecular flexibility index (Phi) is 2.74. The summed E-state index contributed by atoms with van der Waals surface area (Å²) in [6.45, 7) is 0. The first-order valence-corrected chi connectivity index (χ1v) is 5.32. The molecule has 1 aromatic carbocycles. The monoisotopic (exact) mass is 211 g/mol. The Morgan fingerprint density at radius 1 is 1.20 bits per heavy atom. The van der Waals surface area contributed by atoms with Crippen molar-refractivity contribution in [1.29, 1.82) is 0 Å². The minimum Gasteiger partial charge on any atom is -0.325 e. The van der Waals surface area contributed by atoms with E-state index in [4.69, 9.17) is 5.73 Å². The molecular weight excluding hydrogens is 196 g/mol. The van der Waals surface area contributed by atoms with Crippen molar-refractivity contribution in [2.45, 2.75) is 37.6 Å². The van der Waals surface area contributed by atoms with Crippen molar-refractivity contribution in [3.8, 4) is 0 Å². The summed E-state index contributed by atoms with van der Waals surface area (Å²) in [5.41, 5.74) is 6.39. The van der Waals surface area contributed by atoms with Crippen LogP contribution in [0.1, 0.15) is 31.2 Å². The third-order valence-electron chi connectivity index (χ3n) is 3.16. The third-order valence-corrected chi connectivity index (χ3v) is 3.16. The number of rotatable bonds is 2. The summed E-state index contributed by atoms with van der Waals surface area (Å²) in [7, 11) is 0. The van der Waals surface area contributed by atoms with Crippen molar-refractivity contribution < 1.29 is 8.78 Å². The first-order valence-electron chi connectivity index (χ1n) is 5.32. The highest BCUT2D eigenvalue weighted by atomic mass is 19.1. The number of benzene rings is 1. The van der Waals surface area contributed by atoms with Crippen LogP contribution >= 0.6 is 0 Å². The zero-order chi connectivity index (χ0) is 10.9. The van der Waals surface area contributed by atoms with Gasteiger partial charge in [-0.25, -0.2) is 8.78 Å². The first kappa shape index (κ1) is 10.6. The molecular formula is C12H15F2N. The molecule has 0 aromatic heterocycles. The molecule has 0 unspecified atom stereocenters. The van der Waals surface area contributed by atoms with E-state index in [-0.39, 0.29) is 5.54 Å². The van der Waals surface area contributed by atoms with E-state index in [0.29, 0.717) is 12.0 Å². The average molecular weight is 211 g/mol. The Labute approximate surface area is 88.3 Å². The molecule has 1 aliphatic rings. The summed E-state index contributed by atoms with van der Waals surface area (Å²) in [6, 6.07) is 3.71. The molecule has 0 amide bonds. The van der Waals surface area contributed by atoms with Gasteiger partial charge < -0.3 is 5.73 Å². The summed E-state index contributed by atoms with van der Waals surface area (Å²) in [6.07, 6.45) is 4.60. The second-order valence-corrected chi connectivity index (χ2v) is 4.48. The molecule has 0 atom stereocenters. The Hall–Kier alpha value is -0.960. The lowest BCUT2D eigenvalue weighted by molar-refractivity contribution is 0.426. The smallest absolute Gasteiger partial charge is 0.129 e. The molecule has 0 bridgehead atoms. The summed E-state index contributed by atoms with van der Waals surface area (Å²) < 4.78 is 26.1. The maximum absolute atomic E-state index is 13.4. The molecule has 1 fully saturated rings. The van der Waals surface area contributed by atoms with Crippen molar-refractivity contribution in [2.24, 2.45) is 5.73 Å². The number of halogens is 2. The van der Waals surface area contributed by atoms with E-state index in [1.807, 2.05) is 0 Å². The van der Waals surface area contributed by atoms with Crippen LogP contribution in [0.5, 0.6) is 0 Å². The number of nitrogens with two attached hydrogens (primary N) is 1. The summed E-state index contributed by atoms with van der Waals surface area (Å²) in [5.74, 6) is -1.01. The third kappa shape index (κ3) is 2.34. The van der Waals surface area contributed by atoms with E-state index >= 15 is 0 Å². The highest BCUT2D eigenvalue weighted by Crippen LogP contribution is 2.31. The van der Waals surface area contributed by atoms with Gasteiger partial charge >= 0.3 is 0 Å². The topological polar surface area (TPSA) is 26.0 Å². The van der Waals surface area contributed by atoms with E-state index in [9.17, 15) is 8.78 Å². The van der Waals surface area contributed by atoms with Crippen LogP contribution in [-0.4, -0.2) is 5.54 Å². The van der Waals surface area contributed by atoms with Crippen molar-refractivity contribution in [2.75, 3.05) is 0 Å². The van der Waals surface area contributed by atoms with Gasteiger partial charge in [0.05, 0.1) is 0 Å². The van der Waals surface area contributed by atoms with E-state index in [2.05, 4.69) is 0 Å². The van der Waals surface area contributed by atoms with Crippen LogP contribution in [0.3, 0.4) is 0 Å². The SMILES string of the molecule is NC1(Cc2ccc(F)cc2F)CCCC1. The minimum absolute atomic E-state index is 0.279. The molecule has 0 heterocycles. The summed E-state index contributed by atoms with van der Waals surface area (Å²) in [4.78, 5) is 0. The molecule has 0 spiro atoms. The molecule has 1 nitrogen and oxygen atoms in total. The van der Waals surface area contributed by atoms with Crippen LogP contribution in [0.15, 0.2) is 18.2 Å². The van der Waals surface area contributed by atoms with Gasteiger partial charge in [-0.15, -0.1) is 0 Å². The van der Waals surface area contributed by atoms with Crippen LogP contribution < -0.4 is 5.73 Å². The van der Waals surface area contributed by atoms with Crippen molar-refractivity contribution in [1.82, 2.24) is 0 Å². The van der Waals surface area contributed by atoms with Gasteiger partial charge in [-0.05, 0) is 30.9 Å². The molecule has 0 saturated heterocycles. The molecule has 3 heteroatoms. The van der Waals surface area contributed by atoms with Crippen LogP contribution in [-0.2, 0) is 6.42 Å². The molecule has 1 aromatic rings. The van der Waals surface area contributed by atoms with Crippen molar-refractivity contribution in [3.63, 3.8) is 0 Å². The van der Waals surface area contributed by atoms with Crippen molar-refractivity contribution >= 4 is 0 Å². The van der Waals surface area contributed by atoms with Gasteiger partial charge in [0.15, 0.2) is 0 Å². The second kappa shape index (κ2) is 3.89. The second-order valence-electron chi connectivity index (χ2n) is 4.48. The predicted octanol–water partition coefficient (Wildman–Crippen LogP) is 2.78. The van der Waals surface area contributed by atoms with Gasteiger partial charge in [0.25, 0.3) is 0 Å². The highest BCUT2D eigenvalue weighted by Gasteiger charge is 2.30. The molecule has 2 N–H and O–H groups in total. The van der Waals surface area contributed by atoms with Crippen molar-refractivity contribution in [3.05, 3.63) is 35.4 Å². The fourth-order valence-electron chi connectivity index (χ4n) is 2.30. The molecule has 2 rings (SSSR count). The standard InChI is InChI=1S/C12H15F2N/c13-10-4-3-9(11(14)7-10)8-12(15)5-1-2-6-12/h3-4,7H,1-2,5-6,8,15H2. The molecule has 82 valence electrons. The fourth-order valence-corrected chi connectivity index (χ4v) is 2.30. The highest BCUT2D eigenvalue weighted by molar-refractivity contribution is 5.21. The Morgan fingerprint density at radius 3 is 2.47 bits per heavy atom. The van der Waals surface area contributed by atoms with E-state index in [1.54, 1.807) is 0 Å². The van der Waals surface area contributed by atoms with E-state index in [1.165, 1.54) is 12.1 Å².